The van der Waals surface area contributed by atoms with Crippen molar-refractivity contribution >= 4 is 5.84 Å². The summed E-state index contributed by atoms with van der Waals surface area (Å²) in [5.41, 5.74) is 5.26. The van der Waals surface area contributed by atoms with Crippen LogP contribution in [0.25, 0.3) is 0 Å². The van der Waals surface area contributed by atoms with E-state index in [1.807, 2.05) is 0 Å². The van der Waals surface area contributed by atoms with Crippen molar-refractivity contribution in [1.82, 2.24) is 0 Å². The van der Waals surface area contributed by atoms with Gasteiger partial charge in [0.25, 0.3) is 0 Å². The molecule has 0 rings (SSSR count). The predicted molar refractivity (Wildman–Crippen MR) is 42.1 cm³/mol. The van der Waals surface area contributed by atoms with Crippen LogP contribution in [0.3, 0.4) is 0 Å². The van der Waals surface area contributed by atoms with E-state index in [1.165, 1.54) is 0 Å². The summed E-state index contributed by atoms with van der Waals surface area (Å²) in [7, 11) is 0. The number of oxime groups is 1. The number of amidine groups is 1. The summed E-state index contributed by atoms with van der Waals surface area (Å²) in [5.74, 6) is 1.03. The number of nitrogens with zero attached hydrogens (tertiary/aromatic N) is 1. The van der Waals surface area contributed by atoms with Gasteiger partial charge in [0.15, 0.2) is 0 Å². The van der Waals surface area contributed by atoms with Crippen molar-refractivity contribution in [2.45, 2.75) is 33.1 Å². The molecule has 0 fully saturated rings. The van der Waals surface area contributed by atoms with Gasteiger partial charge in [0.05, 0.1) is 0 Å². The number of rotatable bonds is 4. The minimum atomic E-state index is 0.334. The SMILES string of the molecule is CC(C)CCCC(N)=NO. The van der Waals surface area contributed by atoms with Crippen molar-refractivity contribution in [3.63, 3.8) is 0 Å². The second kappa shape index (κ2) is 5.09. The topological polar surface area (TPSA) is 58.6 Å². The Kier molecular flexibility index (Phi) is 4.72. The maximum atomic E-state index is 8.16. The Labute approximate surface area is 61.9 Å². The van der Waals surface area contributed by atoms with Gasteiger partial charge in [0, 0.05) is 6.42 Å². The first-order valence-electron chi connectivity index (χ1n) is 3.63. The van der Waals surface area contributed by atoms with Gasteiger partial charge in [-0.25, -0.2) is 0 Å². The molecule has 0 saturated heterocycles. The molecule has 0 saturated carbocycles. The summed E-state index contributed by atoms with van der Waals surface area (Å²) < 4.78 is 0. The molecule has 3 N–H and O–H groups in total. The highest BCUT2D eigenvalue weighted by Gasteiger charge is 1.95. The van der Waals surface area contributed by atoms with E-state index in [1.54, 1.807) is 0 Å². The van der Waals surface area contributed by atoms with Crippen LogP contribution in [0.15, 0.2) is 5.16 Å². The van der Waals surface area contributed by atoms with E-state index in [2.05, 4.69) is 19.0 Å². The summed E-state index contributed by atoms with van der Waals surface area (Å²) in [4.78, 5) is 0. The number of hydrogen-bond acceptors (Lipinski definition) is 2. The Bertz CT molecular complexity index is 110. The first-order chi connectivity index (χ1) is 4.66. The molecule has 0 unspecified atom stereocenters. The highest BCUT2D eigenvalue weighted by molar-refractivity contribution is 5.79. The van der Waals surface area contributed by atoms with Gasteiger partial charge in [-0.2, -0.15) is 0 Å². The third-order valence-corrected chi connectivity index (χ3v) is 1.34. The van der Waals surface area contributed by atoms with Crippen LogP contribution in [0.1, 0.15) is 33.1 Å². The van der Waals surface area contributed by atoms with Crippen molar-refractivity contribution in [1.29, 1.82) is 0 Å². The van der Waals surface area contributed by atoms with Gasteiger partial charge >= 0.3 is 0 Å². The van der Waals surface area contributed by atoms with E-state index in [9.17, 15) is 0 Å². The second-order valence-electron chi connectivity index (χ2n) is 2.88. The Morgan fingerprint density at radius 3 is 2.60 bits per heavy atom. The van der Waals surface area contributed by atoms with E-state index in [-0.39, 0.29) is 0 Å². The number of nitrogens with two attached hydrogens (primary N) is 1. The van der Waals surface area contributed by atoms with Gasteiger partial charge in [-0.3, -0.25) is 0 Å². The second-order valence-corrected chi connectivity index (χ2v) is 2.88. The minimum absolute atomic E-state index is 0.334. The summed E-state index contributed by atoms with van der Waals surface area (Å²) >= 11 is 0. The first-order valence-corrected chi connectivity index (χ1v) is 3.63. The minimum Gasteiger partial charge on any atom is -0.409 e. The van der Waals surface area contributed by atoms with E-state index in [4.69, 9.17) is 10.9 Å². The highest BCUT2D eigenvalue weighted by Crippen LogP contribution is 2.05. The van der Waals surface area contributed by atoms with Crippen LogP contribution in [0, 0.1) is 5.92 Å². The van der Waals surface area contributed by atoms with Gasteiger partial charge in [-0.1, -0.05) is 25.4 Å². The lowest BCUT2D eigenvalue weighted by molar-refractivity contribution is 0.316. The van der Waals surface area contributed by atoms with E-state index in [0.29, 0.717) is 18.2 Å². The Hall–Kier alpha value is -0.730. The monoisotopic (exact) mass is 144 g/mol. The lowest BCUT2D eigenvalue weighted by Crippen LogP contribution is -2.11. The fourth-order valence-corrected chi connectivity index (χ4v) is 0.741. The highest BCUT2D eigenvalue weighted by atomic mass is 16.4. The van der Waals surface area contributed by atoms with Crippen LogP contribution in [0.2, 0.25) is 0 Å². The van der Waals surface area contributed by atoms with Crippen molar-refractivity contribution in [2.75, 3.05) is 0 Å². The molecule has 60 valence electrons. The molecule has 0 amide bonds. The molecule has 0 atom stereocenters. The lowest BCUT2D eigenvalue weighted by atomic mass is 10.1. The van der Waals surface area contributed by atoms with Gasteiger partial charge in [-0.05, 0) is 12.3 Å². The fourth-order valence-electron chi connectivity index (χ4n) is 0.741. The first kappa shape index (κ1) is 9.27. The summed E-state index contributed by atoms with van der Waals surface area (Å²) in [5, 5.41) is 11.0. The molecule has 3 heteroatoms. The average Bonchev–Trinajstić information content (AvgIpc) is 1.87. The van der Waals surface area contributed by atoms with Gasteiger partial charge in [0.1, 0.15) is 5.84 Å². The average molecular weight is 144 g/mol. The predicted octanol–water partition coefficient (Wildman–Crippen LogP) is 1.56. The Balaban J connectivity index is 3.20. The van der Waals surface area contributed by atoms with E-state index >= 15 is 0 Å². The van der Waals surface area contributed by atoms with E-state index in [0.717, 1.165) is 12.8 Å². The van der Waals surface area contributed by atoms with Crippen LogP contribution in [0.5, 0.6) is 0 Å². The lowest BCUT2D eigenvalue weighted by Gasteiger charge is -2.01. The molecule has 0 aromatic carbocycles. The van der Waals surface area contributed by atoms with Crippen LogP contribution in [0.4, 0.5) is 0 Å². The normalized spacial score (nSPS) is 12.5. The van der Waals surface area contributed by atoms with Gasteiger partial charge in [-0.15, -0.1) is 0 Å². The molecule has 0 aliphatic rings. The molecular formula is C7H16N2O. The number of hydrogen-bond donors (Lipinski definition) is 2. The molecule has 3 nitrogen and oxygen atoms in total. The Morgan fingerprint density at radius 1 is 1.60 bits per heavy atom. The van der Waals surface area contributed by atoms with Crippen molar-refractivity contribution in [2.24, 2.45) is 16.8 Å². The van der Waals surface area contributed by atoms with Gasteiger partial charge < -0.3 is 10.9 Å². The molecule has 10 heavy (non-hydrogen) atoms. The molecule has 0 aromatic heterocycles. The zero-order valence-corrected chi connectivity index (χ0v) is 6.67. The third-order valence-electron chi connectivity index (χ3n) is 1.34. The van der Waals surface area contributed by atoms with Crippen molar-refractivity contribution < 1.29 is 5.21 Å². The molecule has 0 aliphatic carbocycles. The fraction of sp³-hybridized carbons (Fsp3) is 0.857. The molecular weight excluding hydrogens is 128 g/mol. The van der Waals surface area contributed by atoms with Gasteiger partial charge in [0.2, 0.25) is 0 Å². The standard InChI is InChI=1S/C7H16N2O/c1-6(2)4-3-5-7(8)9-10/h6,10H,3-5H2,1-2H3,(H2,8,9). The molecule has 0 heterocycles. The largest absolute Gasteiger partial charge is 0.409 e. The van der Waals surface area contributed by atoms with Crippen LogP contribution in [-0.2, 0) is 0 Å². The van der Waals surface area contributed by atoms with E-state index < -0.39 is 0 Å². The smallest absolute Gasteiger partial charge is 0.139 e. The maximum Gasteiger partial charge on any atom is 0.139 e. The molecule has 0 aliphatic heterocycles. The summed E-state index contributed by atoms with van der Waals surface area (Å²) in [6, 6.07) is 0. The van der Waals surface area contributed by atoms with Crippen molar-refractivity contribution in [3.8, 4) is 0 Å². The quantitative estimate of drug-likeness (QED) is 0.272. The van der Waals surface area contributed by atoms with Crippen LogP contribution >= 0.6 is 0 Å². The molecule has 0 aromatic rings. The maximum absolute atomic E-state index is 8.16. The molecule has 0 radical (unpaired) electrons. The van der Waals surface area contributed by atoms with Crippen molar-refractivity contribution in [3.05, 3.63) is 0 Å². The Morgan fingerprint density at radius 2 is 2.20 bits per heavy atom. The summed E-state index contributed by atoms with van der Waals surface area (Å²) in [6.45, 7) is 4.32. The molecule has 0 spiro atoms. The zero-order valence-electron chi connectivity index (χ0n) is 6.67. The third kappa shape index (κ3) is 5.41. The van der Waals surface area contributed by atoms with Crippen LogP contribution < -0.4 is 5.73 Å². The van der Waals surface area contributed by atoms with Crippen LogP contribution in [-0.4, -0.2) is 11.0 Å². The summed E-state index contributed by atoms with van der Waals surface area (Å²) in [6.07, 6.45) is 2.85. The molecule has 0 bridgehead atoms. The zero-order chi connectivity index (χ0) is 7.98.